The van der Waals surface area contributed by atoms with E-state index in [2.05, 4.69) is 13.8 Å². The van der Waals surface area contributed by atoms with E-state index in [0.717, 1.165) is 6.26 Å². The van der Waals surface area contributed by atoms with Crippen molar-refractivity contribution in [3.63, 3.8) is 0 Å². The normalized spacial score (nSPS) is 22.4. The van der Waals surface area contributed by atoms with Crippen molar-refractivity contribution < 1.29 is 18.3 Å². The van der Waals surface area contributed by atoms with Crippen molar-refractivity contribution in [2.45, 2.75) is 26.3 Å². The number of carboxylic acid groups (broad SMARTS) is 1. The molecule has 1 aliphatic heterocycles. The molecule has 0 bridgehead atoms. The van der Waals surface area contributed by atoms with Gasteiger partial charge in [0.25, 0.3) is 0 Å². The molecule has 1 unspecified atom stereocenters. The lowest BCUT2D eigenvalue weighted by atomic mass is 9.83. The Morgan fingerprint density at radius 1 is 1.44 bits per heavy atom. The molecule has 0 aromatic rings. The zero-order chi connectivity index (χ0) is 12.6. The van der Waals surface area contributed by atoms with Crippen LogP contribution in [0.15, 0.2) is 0 Å². The van der Waals surface area contributed by atoms with Crippen LogP contribution in [-0.4, -0.2) is 55.5 Å². The Hall–Kier alpha value is -0.620. The summed E-state index contributed by atoms with van der Waals surface area (Å²) in [6.07, 6.45) is 1.30. The van der Waals surface area contributed by atoms with E-state index in [9.17, 15) is 13.2 Å². The van der Waals surface area contributed by atoms with Gasteiger partial charge in [0.15, 0.2) is 0 Å². The van der Waals surface area contributed by atoms with Crippen molar-refractivity contribution >= 4 is 15.8 Å². The largest absolute Gasteiger partial charge is 0.480 e. The van der Waals surface area contributed by atoms with Gasteiger partial charge in [-0.2, -0.15) is 0 Å². The molecule has 16 heavy (non-hydrogen) atoms. The summed E-state index contributed by atoms with van der Waals surface area (Å²) in [5, 5.41) is 9.04. The number of carboxylic acids is 1. The molecule has 6 heteroatoms. The highest BCUT2D eigenvalue weighted by atomic mass is 32.2. The topological polar surface area (TPSA) is 74.7 Å². The van der Waals surface area contributed by atoms with Gasteiger partial charge in [0.2, 0.25) is 0 Å². The summed E-state index contributed by atoms with van der Waals surface area (Å²) in [5.74, 6) is -1.000. The first kappa shape index (κ1) is 13.4. The molecule has 0 aromatic carbocycles. The highest BCUT2D eigenvalue weighted by Crippen LogP contribution is 2.31. The van der Waals surface area contributed by atoms with E-state index in [-0.39, 0.29) is 17.6 Å². The molecule has 0 aliphatic carbocycles. The molecule has 0 aromatic heterocycles. The Kier molecular flexibility index (Phi) is 3.64. The summed E-state index contributed by atoms with van der Waals surface area (Å²) < 4.78 is 22.0. The Morgan fingerprint density at radius 2 is 1.94 bits per heavy atom. The fourth-order valence-electron chi connectivity index (χ4n) is 2.06. The molecule has 1 saturated heterocycles. The lowest BCUT2D eigenvalue weighted by Crippen LogP contribution is -2.59. The second-order valence-corrected chi connectivity index (χ2v) is 7.60. The first-order valence-corrected chi connectivity index (χ1v) is 7.31. The minimum Gasteiger partial charge on any atom is -0.480 e. The van der Waals surface area contributed by atoms with E-state index in [1.54, 1.807) is 0 Å². The summed E-state index contributed by atoms with van der Waals surface area (Å²) in [4.78, 5) is 12.9. The van der Waals surface area contributed by atoms with Crippen molar-refractivity contribution in [1.82, 2.24) is 4.90 Å². The van der Waals surface area contributed by atoms with Crippen molar-refractivity contribution in [3.05, 3.63) is 0 Å². The van der Waals surface area contributed by atoms with Gasteiger partial charge >= 0.3 is 5.97 Å². The maximum atomic E-state index is 11.0. The minimum absolute atomic E-state index is 0.0686. The number of carbonyl (C=O) groups is 1. The SMILES string of the molecule is CC1(C)CN(C(CCS(C)(=O)=O)C(=O)O)C1. The van der Waals surface area contributed by atoms with Crippen LogP contribution in [0.5, 0.6) is 0 Å². The molecule has 1 N–H and O–H groups in total. The number of aliphatic carboxylic acids is 1. The van der Waals surface area contributed by atoms with Gasteiger partial charge in [-0.15, -0.1) is 0 Å². The van der Waals surface area contributed by atoms with Crippen LogP contribution in [0, 0.1) is 5.41 Å². The second-order valence-electron chi connectivity index (χ2n) is 5.34. The quantitative estimate of drug-likeness (QED) is 0.754. The molecule has 94 valence electrons. The monoisotopic (exact) mass is 249 g/mol. The second kappa shape index (κ2) is 4.33. The summed E-state index contributed by atoms with van der Waals surface area (Å²) in [6, 6.07) is -0.664. The highest BCUT2D eigenvalue weighted by molar-refractivity contribution is 7.90. The van der Waals surface area contributed by atoms with Crippen LogP contribution in [0.25, 0.3) is 0 Å². The fraction of sp³-hybridized carbons (Fsp3) is 0.900. The van der Waals surface area contributed by atoms with Gasteiger partial charge in [-0.05, 0) is 11.8 Å². The summed E-state index contributed by atoms with van der Waals surface area (Å²) >= 11 is 0. The lowest BCUT2D eigenvalue weighted by molar-refractivity contribution is -0.148. The average Bonchev–Trinajstić information content (AvgIpc) is 1.97. The van der Waals surface area contributed by atoms with Gasteiger partial charge in [0.05, 0.1) is 5.75 Å². The summed E-state index contributed by atoms with van der Waals surface area (Å²) in [7, 11) is -3.09. The van der Waals surface area contributed by atoms with Gasteiger partial charge in [0.1, 0.15) is 15.9 Å². The standard InChI is InChI=1S/C10H19NO4S/c1-10(2)6-11(7-10)8(9(12)13)4-5-16(3,14)15/h8H,4-7H2,1-3H3,(H,12,13). The number of nitrogens with zero attached hydrogens (tertiary/aromatic N) is 1. The van der Waals surface area contributed by atoms with E-state index in [4.69, 9.17) is 5.11 Å². The van der Waals surface area contributed by atoms with Crippen molar-refractivity contribution in [1.29, 1.82) is 0 Å². The molecule has 0 amide bonds. The molecular formula is C10H19NO4S. The van der Waals surface area contributed by atoms with Crippen molar-refractivity contribution in [2.24, 2.45) is 5.41 Å². The minimum atomic E-state index is -3.09. The Labute approximate surface area is 96.4 Å². The number of hydrogen-bond donors (Lipinski definition) is 1. The number of likely N-dealkylation sites (tertiary alicyclic amines) is 1. The molecule has 0 radical (unpaired) electrons. The van der Waals surface area contributed by atoms with E-state index in [0.29, 0.717) is 13.1 Å². The first-order chi connectivity index (χ1) is 7.11. The first-order valence-electron chi connectivity index (χ1n) is 5.25. The van der Waals surface area contributed by atoms with Gasteiger partial charge in [-0.1, -0.05) is 13.8 Å². The summed E-state index contributed by atoms with van der Waals surface area (Å²) in [5.41, 5.74) is 0.152. The molecule has 5 nitrogen and oxygen atoms in total. The Bertz CT molecular complexity index is 366. The molecule has 0 saturated carbocycles. The average molecular weight is 249 g/mol. The van der Waals surface area contributed by atoms with E-state index in [1.165, 1.54) is 0 Å². The third-order valence-corrected chi connectivity index (χ3v) is 3.73. The smallest absolute Gasteiger partial charge is 0.320 e. The molecule has 1 aliphatic rings. The predicted molar refractivity (Wildman–Crippen MR) is 61.1 cm³/mol. The van der Waals surface area contributed by atoms with Crippen LogP contribution >= 0.6 is 0 Å². The van der Waals surface area contributed by atoms with Crippen LogP contribution < -0.4 is 0 Å². The third-order valence-electron chi connectivity index (χ3n) is 2.75. The molecule has 1 fully saturated rings. The van der Waals surface area contributed by atoms with Crippen molar-refractivity contribution in [3.8, 4) is 0 Å². The predicted octanol–water partition coefficient (Wildman–Crippen LogP) is 0.216. The number of hydrogen-bond acceptors (Lipinski definition) is 4. The lowest BCUT2D eigenvalue weighted by Gasteiger charge is -2.48. The third kappa shape index (κ3) is 3.75. The zero-order valence-corrected chi connectivity index (χ0v) is 10.7. The van der Waals surface area contributed by atoms with Gasteiger partial charge in [-0.3, -0.25) is 9.69 Å². The molecule has 1 heterocycles. The summed E-state index contributed by atoms with van der Waals surface area (Å²) in [6.45, 7) is 5.57. The van der Waals surface area contributed by atoms with Crippen molar-refractivity contribution in [2.75, 3.05) is 25.1 Å². The van der Waals surface area contributed by atoms with Crippen LogP contribution in [0.1, 0.15) is 20.3 Å². The van der Waals surface area contributed by atoms with Crippen LogP contribution in [0.3, 0.4) is 0 Å². The van der Waals surface area contributed by atoms with Crippen LogP contribution in [0.4, 0.5) is 0 Å². The van der Waals surface area contributed by atoms with Gasteiger partial charge in [-0.25, -0.2) is 8.42 Å². The maximum Gasteiger partial charge on any atom is 0.320 e. The molecule has 0 spiro atoms. The fourth-order valence-corrected chi connectivity index (χ4v) is 2.71. The Morgan fingerprint density at radius 3 is 2.25 bits per heavy atom. The number of rotatable bonds is 5. The van der Waals surface area contributed by atoms with E-state index < -0.39 is 21.8 Å². The van der Waals surface area contributed by atoms with E-state index >= 15 is 0 Å². The molecular weight excluding hydrogens is 230 g/mol. The maximum absolute atomic E-state index is 11.0. The highest BCUT2D eigenvalue weighted by Gasteiger charge is 2.40. The Balaban J connectivity index is 2.54. The van der Waals surface area contributed by atoms with Gasteiger partial charge < -0.3 is 5.11 Å². The molecule has 1 atom stereocenters. The van der Waals surface area contributed by atoms with Crippen LogP contribution in [0.2, 0.25) is 0 Å². The number of sulfone groups is 1. The zero-order valence-electron chi connectivity index (χ0n) is 9.93. The van der Waals surface area contributed by atoms with Gasteiger partial charge in [0, 0.05) is 19.3 Å². The van der Waals surface area contributed by atoms with E-state index in [1.807, 2.05) is 4.90 Å². The molecule has 1 rings (SSSR count). The van der Waals surface area contributed by atoms with Crippen LogP contribution in [-0.2, 0) is 14.6 Å².